The van der Waals surface area contributed by atoms with Gasteiger partial charge >= 0.3 is 24.1 Å². The molecule has 5 atom stereocenters. The van der Waals surface area contributed by atoms with E-state index in [0.29, 0.717) is 12.8 Å². The van der Waals surface area contributed by atoms with E-state index >= 15 is 0 Å². The summed E-state index contributed by atoms with van der Waals surface area (Å²) >= 11 is 0. The van der Waals surface area contributed by atoms with Crippen molar-refractivity contribution < 1.29 is 41.8 Å². The molecule has 2 aliphatic carbocycles. The molecule has 3 fully saturated rings. The SMILES string of the molecule is CCC(C)(C)C(=O)OC1C2CC3C1OC(=O)C3(C(=O)OCC#CC(F)(F)F)C2. The lowest BCUT2D eigenvalue weighted by atomic mass is 9.73. The highest BCUT2D eigenvalue weighted by Gasteiger charge is 2.75. The van der Waals surface area contributed by atoms with Gasteiger partial charge in [0.1, 0.15) is 12.2 Å². The molecule has 3 aliphatic rings. The summed E-state index contributed by atoms with van der Waals surface area (Å²) in [5, 5.41) is 0. The maximum Gasteiger partial charge on any atom is 0.457 e. The van der Waals surface area contributed by atoms with Gasteiger partial charge in [-0.3, -0.25) is 14.4 Å². The quantitative estimate of drug-likeness (QED) is 0.304. The summed E-state index contributed by atoms with van der Waals surface area (Å²) in [5.74, 6) is -0.145. The molecule has 6 nitrogen and oxygen atoms in total. The molecule has 1 heterocycles. The molecule has 9 heteroatoms. The van der Waals surface area contributed by atoms with Crippen molar-refractivity contribution in [2.45, 2.75) is 58.4 Å². The molecule has 3 rings (SSSR count). The average Bonchev–Trinajstić information content (AvgIpc) is 3.20. The van der Waals surface area contributed by atoms with Crippen LogP contribution in [-0.4, -0.2) is 42.9 Å². The van der Waals surface area contributed by atoms with E-state index in [1.807, 2.05) is 6.92 Å². The smallest absolute Gasteiger partial charge is 0.457 e. The Balaban J connectivity index is 1.69. The number of carbonyl (C=O) groups is 3. The van der Waals surface area contributed by atoms with E-state index in [1.54, 1.807) is 19.8 Å². The number of ether oxygens (including phenoxy) is 3. The Morgan fingerprint density at radius 2 is 2.00 bits per heavy atom. The van der Waals surface area contributed by atoms with Crippen LogP contribution in [0.4, 0.5) is 13.2 Å². The Morgan fingerprint density at radius 3 is 2.61 bits per heavy atom. The number of fused-ring (bicyclic) bond motifs is 1. The molecule has 0 aromatic carbocycles. The third-order valence-corrected chi connectivity index (χ3v) is 6.12. The molecule has 1 saturated heterocycles. The van der Waals surface area contributed by atoms with Gasteiger partial charge in [0.25, 0.3) is 0 Å². The zero-order valence-corrected chi connectivity index (χ0v) is 15.7. The summed E-state index contributed by atoms with van der Waals surface area (Å²) < 4.78 is 51.9. The molecule has 154 valence electrons. The van der Waals surface area contributed by atoms with Gasteiger partial charge in [-0.2, -0.15) is 13.2 Å². The van der Waals surface area contributed by atoms with Crippen LogP contribution in [-0.2, 0) is 28.6 Å². The van der Waals surface area contributed by atoms with Gasteiger partial charge in [-0.15, -0.1) is 0 Å². The zero-order valence-electron chi connectivity index (χ0n) is 15.7. The van der Waals surface area contributed by atoms with E-state index in [2.05, 4.69) is 0 Å². The Morgan fingerprint density at radius 1 is 1.32 bits per heavy atom. The standard InChI is InChI=1S/C19H21F3O6/c1-4-17(2,3)14(23)27-12-10-8-11-13(12)28-16(25)18(11,9-10)15(24)26-7-5-6-19(20,21)22/h10-13H,4,7-9H2,1-3H3. The van der Waals surface area contributed by atoms with E-state index in [-0.39, 0.29) is 12.3 Å². The molecule has 0 amide bonds. The minimum atomic E-state index is -4.68. The highest BCUT2D eigenvalue weighted by atomic mass is 19.4. The second kappa shape index (κ2) is 6.68. The Kier molecular flexibility index (Phi) is 4.89. The van der Waals surface area contributed by atoms with Crippen molar-refractivity contribution in [3.8, 4) is 11.8 Å². The molecule has 2 bridgehead atoms. The molecule has 0 aromatic heterocycles. The summed E-state index contributed by atoms with van der Waals surface area (Å²) in [7, 11) is 0. The monoisotopic (exact) mass is 402 g/mol. The summed E-state index contributed by atoms with van der Waals surface area (Å²) in [5.41, 5.74) is -2.23. The number of carbonyl (C=O) groups excluding carboxylic acids is 3. The van der Waals surface area contributed by atoms with Crippen LogP contribution in [0.5, 0.6) is 0 Å². The molecule has 28 heavy (non-hydrogen) atoms. The number of hydrogen-bond donors (Lipinski definition) is 0. The molecular weight excluding hydrogens is 381 g/mol. The van der Waals surface area contributed by atoms with Crippen LogP contribution in [0.3, 0.4) is 0 Å². The first-order chi connectivity index (χ1) is 12.9. The zero-order chi connectivity index (χ0) is 20.9. The van der Waals surface area contributed by atoms with Crippen molar-refractivity contribution in [3.63, 3.8) is 0 Å². The number of halogens is 3. The molecular formula is C19H21F3O6. The maximum absolute atomic E-state index is 12.5. The highest BCUT2D eigenvalue weighted by molar-refractivity contribution is 6.03. The van der Waals surface area contributed by atoms with Crippen LogP contribution < -0.4 is 0 Å². The van der Waals surface area contributed by atoms with Crippen LogP contribution in [0.25, 0.3) is 0 Å². The first kappa shape index (κ1) is 20.5. The summed E-state index contributed by atoms with van der Waals surface area (Å²) in [6, 6.07) is 0. The van der Waals surface area contributed by atoms with Crippen LogP contribution in [0.15, 0.2) is 0 Å². The first-order valence-electron chi connectivity index (χ1n) is 9.08. The van der Waals surface area contributed by atoms with Gasteiger partial charge in [0.15, 0.2) is 12.0 Å². The lowest BCUT2D eigenvalue weighted by Gasteiger charge is -2.32. The predicted molar refractivity (Wildman–Crippen MR) is 87.3 cm³/mol. The average molecular weight is 402 g/mol. The minimum Gasteiger partial charge on any atom is -0.458 e. The fraction of sp³-hybridized carbons (Fsp3) is 0.737. The van der Waals surface area contributed by atoms with Crippen molar-refractivity contribution in [1.82, 2.24) is 0 Å². The number of alkyl halides is 3. The summed E-state index contributed by atoms with van der Waals surface area (Å²) in [4.78, 5) is 37.3. The maximum atomic E-state index is 12.5. The van der Waals surface area contributed by atoms with E-state index in [4.69, 9.17) is 14.2 Å². The second-order valence-electron chi connectivity index (χ2n) is 8.13. The van der Waals surface area contributed by atoms with Gasteiger partial charge in [0.05, 0.1) is 5.41 Å². The number of esters is 3. The van der Waals surface area contributed by atoms with Crippen molar-refractivity contribution in [2.24, 2.45) is 22.7 Å². The Bertz CT molecular complexity index is 762. The fourth-order valence-corrected chi connectivity index (χ4v) is 4.23. The van der Waals surface area contributed by atoms with Gasteiger partial charge in [0, 0.05) is 17.8 Å². The molecule has 5 unspecified atom stereocenters. The largest absolute Gasteiger partial charge is 0.458 e. The molecule has 0 N–H and O–H groups in total. The second-order valence-corrected chi connectivity index (χ2v) is 8.13. The minimum absolute atomic E-state index is 0.0863. The van der Waals surface area contributed by atoms with E-state index in [0.717, 1.165) is 5.92 Å². The lowest BCUT2D eigenvalue weighted by molar-refractivity contribution is -0.170. The Labute approximate surface area is 160 Å². The van der Waals surface area contributed by atoms with Crippen LogP contribution >= 0.6 is 0 Å². The normalized spacial score (nSPS) is 33.1. The van der Waals surface area contributed by atoms with Gasteiger partial charge in [-0.25, -0.2) is 0 Å². The highest BCUT2D eigenvalue weighted by Crippen LogP contribution is 2.63. The van der Waals surface area contributed by atoms with E-state index in [1.165, 1.54) is 0 Å². The molecule has 0 spiro atoms. The molecule has 0 radical (unpaired) electrons. The van der Waals surface area contributed by atoms with Gasteiger partial charge in [0.2, 0.25) is 0 Å². The first-order valence-corrected chi connectivity index (χ1v) is 9.08. The van der Waals surface area contributed by atoms with E-state index < -0.39 is 59.6 Å². The topological polar surface area (TPSA) is 78.9 Å². The number of rotatable bonds is 5. The summed E-state index contributed by atoms with van der Waals surface area (Å²) in [6.45, 7) is 4.61. The van der Waals surface area contributed by atoms with Crippen LogP contribution in [0.1, 0.15) is 40.0 Å². The van der Waals surface area contributed by atoms with Crippen LogP contribution in [0, 0.1) is 34.5 Å². The predicted octanol–water partition coefficient (Wildman–Crippen LogP) is 2.39. The van der Waals surface area contributed by atoms with Gasteiger partial charge < -0.3 is 14.2 Å². The van der Waals surface area contributed by atoms with Crippen molar-refractivity contribution in [1.29, 1.82) is 0 Å². The van der Waals surface area contributed by atoms with Gasteiger partial charge in [-0.05, 0) is 33.1 Å². The van der Waals surface area contributed by atoms with Crippen LogP contribution in [0.2, 0.25) is 0 Å². The molecule has 1 aliphatic heterocycles. The third-order valence-electron chi connectivity index (χ3n) is 6.12. The van der Waals surface area contributed by atoms with Gasteiger partial charge in [-0.1, -0.05) is 12.8 Å². The van der Waals surface area contributed by atoms with Crippen molar-refractivity contribution in [3.05, 3.63) is 0 Å². The Hall–Kier alpha value is -2.24. The lowest BCUT2D eigenvalue weighted by Crippen LogP contribution is -2.46. The third kappa shape index (κ3) is 3.23. The summed E-state index contributed by atoms with van der Waals surface area (Å²) in [6.07, 6.45) is -4.94. The molecule has 2 saturated carbocycles. The van der Waals surface area contributed by atoms with Crippen molar-refractivity contribution >= 4 is 17.9 Å². The fourth-order valence-electron chi connectivity index (χ4n) is 4.23. The molecule has 0 aromatic rings. The number of hydrogen-bond acceptors (Lipinski definition) is 6. The van der Waals surface area contributed by atoms with E-state index in [9.17, 15) is 27.6 Å². The van der Waals surface area contributed by atoms with Crippen molar-refractivity contribution in [2.75, 3.05) is 6.61 Å².